The van der Waals surface area contributed by atoms with Crippen molar-refractivity contribution in [3.8, 4) is 11.5 Å². The number of para-hydroxylation sites is 2. The van der Waals surface area contributed by atoms with Gasteiger partial charge in [0.2, 0.25) is 0 Å². The van der Waals surface area contributed by atoms with Crippen LogP contribution in [0.1, 0.15) is 27.6 Å². The Balaban J connectivity index is 2.02. The number of benzene rings is 2. The Morgan fingerprint density at radius 3 is 2.40 bits per heavy atom. The summed E-state index contributed by atoms with van der Waals surface area (Å²) in [7, 11) is 1.45. The fourth-order valence-corrected chi connectivity index (χ4v) is 2.42. The van der Waals surface area contributed by atoms with Crippen LogP contribution in [0.4, 0.5) is 0 Å². The number of esters is 1. The molecule has 3 rings (SSSR count). The van der Waals surface area contributed by atoms with Gasteiger partial charge in [-0.15, -0.1) is 0 Å². The highest BCUT2D eigenvalue weighted by Crippen LogP contribution is 2.25. The van der Waals surface area contributed by atoms with E-state index < -0.39 is 11.6 Å². The van der Waals surface area contributed by atoms with E-state index in [-0.39, 0.29) is 28.2 Å². The molecule has 1 heterocycles. The van der Waals surface area contributed by atoms with E-state index in [9.17, 15) is 14.4 Å². The lowest BCUT2D eigenvalue weighted by molar-refractivity contribution is 0.0728. The van der Waals surface area contributed by atoms with Gasteiger partial charge >= 0.3 is 11.6 Å². The quantitative estimate of drug-likeness (QED) is 0.314. The lowest BCUT2D eigenvalue weighted by atomic mass is 10.1. The molecule has 2 aromatic carbocycles. The monoisotopic (exact) mass is 338 g/mol. The van der Waals surface area contributed by atoms with E-state index in [1.54, 1.807) is 36.4 Å². The Morgan fingerprint density at radius 1 is 0.960 bits per heavy atom. The van der Waals surface area contributed by atoms with Crippen LogP contribution in [0, 0.1) is 0 Å². The second-order valence-corrected chi connectivity index (χ2v) is 5.27. The molecular weight excluding hydrogens is 324 g/mol. The molecule has 126 valence electrons. The summed E-state index contributed by atoms with van der Waals surface area (Å²) in [6, 6.07) is 12.7. The fraction of sp³-hybridized carbons (Fsp3) is 0.105. The van der Waals surface area contributed by atoms with Crippen molar-refractivity contribution in [2.24, 2.45) is 0 Å². The molecule has 1 aromatic heterocycles. The Bertz CT molecular complexity index is 1030. The van der Waals surface area contributed by atoms with E-state index in [1.807, 2.05) is 0 Å². The number of methoxy groups -OCH3 is 1. The van der Waals surface area contributed by atoms with Crippen LogP contribution in [-0.4, -0.2) is 18.9 Å². The topological polar surface area (TPSA) is 82.8 Å². The lowest BCUT2D eigenvalue weighted by Crippen LogP contribution is -2.19. The number of hydrogen-bond acceptors (Lipinski definition) is 6. The molecule has 6 heteroatoms. The van der Waals surface area contributed by atoms with Gasteiger partial charge in [0.15, 0.2) is 17.1 Å². The second kappa shape index (κ2) is 6.60. The summed E-state index contributed by atoms with van der Waals surface area (Å²) in [5, 5.41) is 0.519. The first-order chi connectivity index (χ1) is 12.0. The summed E-state index contributed by atoms with van der Waals surface area (Å²) in [5.41, 5.74) is -0.611. The molecule has 25 heavy (non-hydrogen) atoms. The van der Waals surface area contributed by atoms with Gasteiger partial charge in [-0.3, -0.25) is 4.79 Å². The summed E-state index contributed by atoms with van der Waals surface area (Å²) in [5.74, 6) is -0.674. The highest BCUT2D eigenvalue weighted by molar-refractivity contribution is 5.99. The average molecular weight is 338 g/mol. The van der Waals surface area contributed by atoms with Crippen molar-refractivity contribution in [2.75, 3.05) is 7.11 Å². The number of rotatable bonds is 4. The molecule has 0 atom stereocenters. The predicted octanol–water partition coefficient (Wildman–Crippen LogP) is 3.22. The summed E-state index contributed by atoms with van der Waals surface area (Å²) < 4.78 is 15.6. The van der Waals surface area contributed by atoms with Crippen molar-refractivity contribution >= 4 is 22.7 Å². The number of ketones is 1. The highest BCUT2D eigenvalue weighted by atomic mass is 16.5. The first-order valence-corrected chi connectivity index (χ1v) is 7.44. The van der Waals surface area contributed by atoms with Crippen LogP contribution >= 0.6 is 0 Å². The molecule has 0 N–H and O–H groups in total. The maximum atomic E-state index is 12.4. The number of fused-ring (bicyclic) bond motifs is 1. The number of hydrogen-bond donors (Lipinski definition) is 0. The average Bonchev–Trinajstić information content (AvgIpc) is 2.60. The molecule has 0 aliphatic heterocycles. The SMILES string of the molecule is COc1cccc2cc(C(=O)Oc3ccccc3C(C)=O)c(=O)oc12. The summed E-state index contributed by atoms with van der Waals surface area (Å²) >= 11 is 0. The van der Waals surface area contributed by atoms with E-state index in [1.165, 1.54) is 26.2 Å². The first-order valence-electron chi connectivity index (χ1n) is 7.44. The zero-order chi connectivity index (χ0) is 18.0. The van der Waals surface area contributed by atoms with Gasteiger partial charge in [0.25, 0.3) is 0 Å². The normalized spacial score (nSPS) is 10.5. The minimum absolute atomic E-state index is 0.0881. The Morgan fingerprint density at radius 2 is 1.68 bits per heavy atom. The minimum atomic E-state index is -0.896. The van der Waals surface area contributed by atoms with Gasteiger partial charge in [0.1, 0.15) is 11.3 Å². The molecule has 0 unspecified atom stereocenters. The lowest BCUT2D eigenvalue weighted by Gasteiger charge is -2.08. The van der Waals surface area contributed by atoms with Crippen LogP contribution in [0.25, 0.3) is 11.0 Å². The van der Waals surface area contributed by atoms with Crippen LogP contribution in [0.2, 0.25) is 0 Å². The summed E-state index contributed by atoms with van der Waals surface area (Å²) in [4.78, 5) is 36.2. The van der Waals surface area contributed by atoms with Crippen LogP contribution in [0.15, 0.2) is 57.7 Å². The van der Waals surface area contributed by atoms with Crippen molar-refractivity contribution < 1.29 is 23.5 Å². The van der Waals surface area contributed by atoms with Gasteiger partial charge in [-0.25, -0.2) is 9.59 Å². The standard InChI is InChI=1S/C19H14O6/c1-11(20)13-7-3-4-8-15(13)24-18(21)14-10-12-6-5-9-16(23-2)17(12)25-19(14)22/h3-10H,1-2H3. The fourth-order valence-electron chi connectivity index (χ4n) is 2.42. The van der Waals surface area contributed by atoms with Gasteiger partial charge in [0.05, 0.1) is 12.7 Å². The van der Waals surface area contributed by atoms with Crippen LogP contribution in [0.3, 0.4) is 0 Å². The predicted molar refractivity (Wildman–Crippen MR) is 90.4 cm³/mol. The molecule has 3 aromatic rings. The molecule has 6 nitrogen and oxygen atoms in total. The van der Waals surface area contributed by atoms with Gasteiger partial charge in [-0.1, -0.05) is 24.3 Å². The van der Waals surface area contributed by atoms with E-state index in [0.29, 0.717) is 11.1 Å². The first kappa shape index (κ1) is 16.4. The molecule has 0 saturated heterocycles. The maximum Gasteiger partial charge on any atom is 0.351 e. The Kier molecular flexibility index (Phi) is 4.35. The largest absolute Gasteiger partial charge is 0.493 e. The number of Topliss-reactive ketones (excluding diaryl/α,β-unsaturated/α-hetero) is 1. The van der Waals surface area contributed by atoms with E-state index in [4.69, 9.17) is 13.9 Å². The zero-order valence-electron chi connectivity index (χ0n) is 13.6. The zero-order valence-corrected chi connectivity index (χ0v) is 13.6. The van der Waals surface area contributed by atoms with Crippen LogP contribution < -0.4 is 15.1 Å². The number of ether oxygens (including phenoxy) is 2. The Hall–Kier alpha value is -3.41. The van der Waals surface area contributed by atoms with Crippen LogP contribution in [0.5, 0.6) is 11.5 Å². The molecule has 0 spiro atoms. The maximum absolute atomic E-state index is 12.4. The van der Waals surface area contributed by atoms with Crippen molar-refractivity contribution in [2.45, 2.75) is 6.92 Å². The molecular formula is C19H14O6. The third-order valence-corrected chi connectivity index (χ3v) is 3.63. The number of carbonyl (C=O) groups excluding carboxylic acids is 2. The Labute approximate surface area is 142 Å². The summed E-state index contributed by atoms with van der Waals surface area (Å²) in [6.07, 6.45) is 0. The van der Waals surface area contributed by atoms with Crippen molar-refractivity contribution in [3.05, 3.63) is 70.1 Å². The minimum Gasteiger partial charge on any atom is -0.493 e. The molecule has 0 aliphatic carbocycles. The third kappa shape index (κ3) is 3.14. The third-order valence-electron chi connectivity index (χ3n) is 3.63. The van der Waals surface area contributed by atoms with Crippen molar-refractivity contribution in [1.82, 2.24) is 0 Å². The van der Waals surface area contributed by atoms with Gasteiger partial charge in [0, 0.05) is 5.39 Å². The van der Waals surface area contributed by atoms with Gasteiger partial charge in [-0.2, -0.15) is 0 Å². The molecule has 0 bridgehead atoms. The van der Waals surface area contributed by atoms with Gasteiger partial charge < -0.3 is 13.9 Å². The van der Waals surface area contributed by atoms with E-state index in [2.05, 4.69) is 0 Å². The second-order valence-electron chi connectivity index (χ2n) is 5.27. The molecule has 0 saturated carbocycles. The molecule has 0 amide bonds. The van der Waals surface area contributed by atoms with Crippen molar-refractivity contribution in [3.63, 3.8) is 0 Å². The van der Waals surface area contributed by atoms with Gasteiger partial charge in [-0.05, 0) is 31.2 Å². The number of carbonyl (C=O) groups is 2. The van der Waals surface area contributed by atoms with Crippen molar-refractivity contribution in [1.29, 1.82) is 0 Å². The molecule has 0 radical (unpaired) electrons. The van der Waals surface area contributed by atoms with E-state index >= 15 is 0 Å². The van der Waals surface area contributed by atoms with E-state index in [0.717, 1.165) is 0 Å². The molecule has 0 aliphatic rings. The van der Waals surface area contributed by atoms with Crippen LogP contribution in [-0.2, 0) is 0 Å². The smallest absolute Gasteiger partial charge is 0.351 e. The highest BCUT2D eigenvalue weighted by Gasteiger charge is 2.19. The summed E-state index contributed by atoms with van der Waals surface area (Å²) in [6.45, 7) is 1.36. The molecule has 0 fully saturated rings.